The molecule has 0 spiro atoms. The van der Waals surface area contributed by atoms with Gasteiger partial charge in [0.15, 0.2) is 0 Å². The van der Waals surface area contributed by atoms with Crippen LogP contribution >= 0.6 is 11.6 Å². The molecular weight excluding hydrogens is 168 g/mol. The van der Waals surface area contributed by atoms with Crippen LogP contribution in [0.25, 0.3) is 6.08 Å². The lowest BCUT2D eigenvalue weighted by atomic mass is 10.2. The van der Waals surface area contributed by atoms with Crippen molar-refractivity contribution in [1.82, 2.24) is 0 Å². The summed E-state index contributed by atoms with van der Waals surface area (Å²) >= 11 is 5.65. The fourth-order valence-electron chi connectivity index (χ4n) is 0.856. The van der Waals surface area contributed by atoms with E-state index in [2.05, 4.69) is 0 Å². The van der Waals surface area contributed by atoms with Gasteiger partial charge in [0.1, 0.15) is 0 Å². The van der Waals surface area contributed by atoms with Crippen LogP contribution in [0.2, 0.25) is 0 Å². The van der Waals surface area contributed by atoms with Crippen LogP contribution in [0, 0.1) is 0 Å². The highest BCUT2D eigenvalue weighted by Gasteiger charge is 1.80. The van der Waals surface area contributed by atoms with Crippen LogP contribution in [0.5, 0.6) is 0 Å². The molecule has 62 valence electrons. The summed E-state index contributed by atoms with van der Waals surface area (Å²) in [4.78, 5) is 0. The molecule has 0 radical (unpaired) electrons. The summed E-state index contributed by atoms with van der Waals surface area (Å²) in [6.45, 7) is 1.86. The van der Waals surface area contributed by atoms with E-state index in [0.717, 1.165) is 5.03 Å². The van der Waals surface area contributed by atoms with Gasteiger partial charge in [-0.3, -0.25) is 0 Å². The number of rotatable bonds is 2. The summed E-state index contributed by atoms with van der Waals surface area (Å²) in [5.74, 6) is 0. The summed E-state index contributed by atoms with van der Waals surface area (Å²) in [6, 6.07) is 10.1. The Morgan fingerprint density at radius 3 is 2.50 bits per heavy atom. The van der Waals surface area contributed by atoms with Crippen LogP contribution in [0.4, 0.5) is 0 Å². The van der Waals surface area contributed by atoms with Gasteiger partial charge < -0.3 is 0 Å². The zero-order chi connectivity index (χ0) is 8.81. The van der Waals surface area contributed by atoms with Crippen molar-refractivity contribution in [3.8, 4) is 0 Å². The first kappa shape index (κ1) is 9.08. The van der Waals surface area contributed by atoms with Gasteiger partial charge in [-0.05, 0) is 18.6 Å². The van der Waals surface area contributed by atoms with E-state index in [1.165, 1.54) is 5.56 Å². The minimum atomic E-state index is 0.794. The molecule has 0 aliphatic heterocycles. The molecule has 0 heterocycles. The third-order valence-electron chi connectivity index (χ3n) is 1.41. The highest BCUT2D eigenvalue weighted by molar-refractivity contribution is 6.29. The van der Waals surface area contributed by atoms with Gasteiger partial charge in [0, 0.05) is 5.03 Å². The molecule has 1 aromatic carbocycles. The van der Waals surface area contributed by atoms with Gasteiger partial charge >= 0.3 is 0 Å². The van der Waals surface area contributed by atoms with E-state index in [0.29, 0.717) is 0 Å². The Hall–Kier alpha value is -1.01. The molecule has 1 aromatic rings. The molecule has 12 heavy (non-hydrogen) atoms. The number of allylic oxidation sites excluding steroid dienone is 3. The Morgan fingerprint density at radius 1 is 1.25 bits per heavy atom. The Kier molecular flexibility index (Phi) is 3.62. The summed E-state index contributed by atoms with van der Waals surface area (Å²) in [7, 11) is 0. The highest BCUT2D eigenvalue weighted by atomic mass is 35.5. The quantitative estimate of drug-likeness (QED) is 0.604. The van der Waals surface area contributed by atoms with Crippen molar-refractivity contribution >= 4 is 17.7 Å². The van der Waals surface area contributed by atoms with E-state index < -0.39 is 0 Å². The van der Waals surface area contributed by atoms with Crippen molar-refractivity contribution < 1.29 is 0 Å². The molecule has 1 heteroatoms. The largest absolute Gasteiger partial charge is 0.0895 e. The average Bonchev–Trinajstić information content (AvgIpc) is 2.05. The first-order valence-electron chi connectivity index (χ1n) is 3.84. The molecule has 0 aliphatic carbocycles. The molecule has 0 aliphatic rings. The van der Waals surface area contributed by atoms with Gasteiger partial charge in [0.2, 0.25) is 0 Å². The fraction of sp³-hybridized carbons (Fsp3) is 0.0909. The predicted octanol–water partition coefficient (Wildman–Crippen LogP) is 3.84. The molecule has 0 fully saturated rings. The van der Waals surface area contributed by atoms with Crippen LogP contribution in [0.15, 0.2) is 47.5 Å². The number of benzene rings is 1. The standard InChI is InChI=1S/C11H11Cl/c1-10(12)6-5-9-11-7-3-2-4-8-11/h2-9H,1H3. The normalized spacial score (nSPS) is 12.3. The third kappa shape index (κ3) is 3.40. The topological polar surface area (TPSA) is 0 Å². The van der Waals surface area contributed by atoms with E-state index in [1.54, 1.807) is 0 Å². The molecule has 0 amide bonds. The molecule has 0 saturated heterocycles. The van der Waals surface area contributed by atoms with E-state index in [4.69, 9.17) is 11.6 Å². The molecule has 0 nitrogen and oxygen atoms in total. The molecule has 0 aromatic heterocycles. The fourth-order valence-corrected chi connectivity index (χ4v) is 0.929. The second kappa shape index (κ2) is 4.78. The van der Waals surface area contributed by atoms with Gasteiger partial charge in [0.05, 0.1) is 0 Å². The first-order valence-corrected chi connectivity index (χ1v) is 4.22. The lowest BCUT2D eigenvalue weighted by Crippen LogP contribution is -1.66. The summed E-state index contributed by atoms with van der Waals surface area (Å²) in [6.07, 6.45) is 5.83. The first-order chi connectivity index (χ1) is 5.79. The van der Waals surface area contributed by atoms with Crippen LogP contribution in [0.1, 0.15) is 12.5 Å². The molecule has 0 bridgehead atoms. The summed E-state index contributed by atoms with van der Waals surface area (Å²) in [5.41, 5.74) is 1.19. The maximum atomic E-state index is 5.65. The van der Waals surface area contributed by atoms with Crippen molar-refractivity contribution in [3.63, 3.8) is 0 Å². The lowest BCUT2D eigenvalue weighted by molar-refractivity contribution is 1.64. The van der Waals surface area contributed by atoms with Crippen LogP contribution in [-0.4, -0.2) is 0 Å². The SMILES string of the molecule is CC(Cl)=CC=Cc1ccccc1. The van der Waals surface area contributed by atoms with Crippen molar-refractivity contribution in [1.29, 1.82) is 0 Å². The Bertz CT molecular complexity index is 279. The zero-order valence-electron chi connectivity index (χ0n) is 7.00. The molecule has 0 saturated carbocycles. The maximum absolute atomic E-state index is 5.65. The van der Waals surface area contributed by atoms with E-state index >= 15 is 0 Å². The van der Waals surface area contributed by atoms with Crippen molar-refractivity contribution in [3.05, 3.63) is 53.1 Å². The molecule has 0 atom stereocenters. The van der Waals surface area contributed by atoms with Crippen molar-refractivity contribution in [2.75, 3.05) is 0 Å². The average molecular weight is 179 g/mol. The zero-order valence-corrected chi connectivity index (χ0v) is 7.75. The van der Waals surface area contributed by atoms with Gasteiger partial charge in [-0.2, -0.15) is 0 Å². The minimum absolute atomic E-state index is 0.794. The van der Waals surface area contributed by atoms with Crippen molar-refractivity contribution in [2.24, 2.45) is 0 Å². The second-order valence-corrected chi connectivity index (χ2v) is 3.12. The summed E-state index contributed by atoms with van der Waals surface area (Å²) in [5, 5.41) is 0.794. The number of hydrogen-bond donors (Lipinski definition) is 0. The van der Waals surface area contributed by atoms with Gasteiger partial charge in [0.25, 0.3) is 0 Å². The third-order valence-corrected chi connectivity index (χ3v) is 1.54. The van der Waals surface area contributed by atoms with Gasteiger partial charge in [-0.15, -0.1) is 0 Å². The molecule has 0 unspecified atom stereocenters. The highest BCUT2D eigenvalue weighted by Crippen LogP contribution is 2.03. The molecule has 0 N–H and O–H groups in total. The Labute approximate surface area is 78.2 Å². The Morgan fingerprint density at radius 2 is 1.92 bits per heavy atom. The number of halogens is 1. The van der Waals surface area contributed by atoms with Crippen molar-refractivity contribution in [2.45, 2.75) is 6.92 Å². The van der Waals surface area contributed by atoms with Gasteiger partial charge in [-0.25, -0.2) is 0 Å². The van der Waals surface area contributed by atoms with E-state index in [9.17, 15) is 0 Å². The smallest absolute Gasteiger partial charge is 0.0150 e. The maximum Gasteiger partial charge on any atom is 0.0150 e. The monoisotopic (exact) mass is 178 g/mol. The van der Waals surface area contributed by atoms with E-state index in [1.807, 2.05) is 55.5 Å². The molecular formula is C11H11Cl. The van der Waals surface area contributed by atoms with E-state index in [-0.39, 0.29) is 0 Å². The lowest BCUT2D eigenvalue weighted by Gasteiger charge is -1.88. The van der Waals surface area contributed by atoms with Gasteiger partial charge in [-0.1, -0.05) is 54.1 Å². The second-order valence-electron chi connectivity index (χ2n) is 2.52. The minimum Gasteiger partial charge on any atom is -0.0895 e. The van der Waals surface area contributed by atoms with Crippen LogP contribution in [-0.2, 0) is 0 Å². The summed E-state index contributed by atoms with van der Waals surface area (Å²) < 4.78 is 0. The van der Waals surface area contributed by atoms with Crippen LogP contribution in [0.3, 0.4) is 0 Å². The Balaban J connectivity index is 2.64. The predicted molar refractivity (Wildman–Crippen MR) is 55.1 cm³/mol. The molecule has 1 rings (SSSR count). The van der Waals surface area contributed by atoms with Crippen LogP contribution < -0.4 is 0 Å². The number of hydrogen-bond acceptors (Lipinski definition) is 0.